The Balaban J connectivity index is 1.93. The highest BCUT2D eigenvalue weighted by Gasteiger charge is 2.21. The minimum absolute atomic E-state index is 0.251. The van der Waals surface area contributed by atoms with E-state index in [4.69, 9.17) is 4.74 Å². The van der Waals surface area contributed by atoms with Crippen LogP contribution in [0.3, 0.4) is 0 Å². The SMILES string of the molecule is Cc1cc(O[C@H]2CC[C@H](C=O)CC2)ccc1Br. The maximum absolute atomic E-state index is 10.7. The first kappa shape index (κ1) is 12.6. The third-order valence-corrected chi connectivity index (χ3v) is 4.23. The molecule has 1 fully saturated rings. The Morgan fingerprint density at radius 3 is 2.59 bits per heavy atom. The average Bonchev–Trinajstić information content (AvgIpc) is 2.35. The molecule has 0 amide bonds. The molecule has 3 heteroatoms. The van der Waals surface area contributed by atoms with Crippen molar-refractivity contribution < 1.29 is 9.53 Å². The average molecular weight is 297 g/mol. The van der Waals surface area contributed by atoms with Crippen LogP contribution in [0.5, 0.6) is 5.75 Å². The van der Waals surface area contributed by atoms with Crippen molar-refractivity contribution in [3.63, 3.8) is 0 Å². The van der Waals surface area contributed by atoms with Crippen LogP contribution in [-0.2, 0) is 4.79 Å². The summed E-state index contributed by atoms with van der Waals surface area (Å²) in [6.07, 6.45) is 5.25. The van der Waals surface area contributed by atoms with Gasteiger partial charge in [-0.1, -0.05) is 15.9 Å². The van der Waals surface area contributed by atoms with Crippen molar-refractivity contribution in [2.45, 2.75) is 38.7 Å². The third kappa shape index (κ3) is 3.32. The summed E-state index contributed by atoms with van der Waals surface area (Å²) in [5.74, 6) is 1.18. The maximum Gasteiger partial charge on any atom is 0.123 e. The molecule has 0 spiro atoms. The summed E-state index contributed by atoms with van der Waals surface area (Å²) in [5, 5.41) is 0. The summed E-state index contributed by atoms with van der Waals surface area (Å²) < 4.78 is 7.05. The Labute approximate surface area is 110 Å². The van der Waals surface area contributed by atoms with Gasteiger partial charge in [0.2, 0.25) is 0 Å². The first-order chi connectivity index (χ1) is 8.19. The topological polar surface area (TPSA) is 26.3 Å². The lowest BCUT2D eigenvalue weighted by molar-refractivity contribution is -0.112. The van der Waals surface area contributed by atoms with Crippen LogP contribution in [0.4, 0.5) is 0 Å². The Morgan fingerprint density at radius 1 is 1.29 bits per heavy atom. The van der Waals surface area contributed by atoms with Crippen molar-refractivity contribution >= 4 is 22.2 Å². The second-order valence-corrected chi connectivity index (χ2v) is 5.56. The van der Waals surface area contributed by atoms with Crippen LogP contribution < -0.4 is 4.74 Å². The number of carbonyl (C=O) groups is 1. The Hall–Kier alpha value is -0.830. The quantitative estimate of drug-likeness (QED) is 0.791. The minimum atomic E-state index is 0.251. The fourth-order valence-corrected chi connectivity index (χ4v) is 2.47. The van der Waals surface area contributed by atoms with E-state index in [1.165, 1.54) is 5.56 Å². The molecule has 17 heavy (non-hydrogen) atoms. The van der Waals surface area contributed by atoms with Gasteiger partial charge < -0.3 is 9.53 Å². The van der Waals surface area contributed by atoms with Gasteiger partial charge in [-0.25, -0.2) is 0 Å². The Morgan fingerprint density at radius 2 is 2.00 bits per heavy atom. The van der Waals surface area contributed by atoms with E-state index < -0.39 is 0 Å². The molecule has 0 unspecified atom stereocenters. The highest BCUT2D eigenvalue weighted by Crippen LogP contribution is 2.28. The lowest BCUT2D eigenvalue weighted by Gasteiger charge is -2.26. The van der Waals surface area contributed by atoms with Crippen LogP contribution in [0.15, 0.2) is 22.7 Å². The van der Waals surface area contributed by atoms with Gasteiger partial charge in [0.05, 0.1) is 6.10 Å². The molecule has 1 saturated carbocycles. The molecule has 0 heterocycles. The monoisotopic (exact) mass is 296 g/mol. The molecule has 1 aliphatic rings. The van der Waals surface area contributed by atoms with E-state index in [1.54, 1.807) is 0 Å². The van der Waals surface area contributed by atoms with Crippen LogP contribution >= 0.6 is 15.9 Å². The van der Waals surface area contributed by atoms with E-state index in [9.17, 15) is 4.79 Å². The van der Waals surface area contributed by atoms with E-state index >= 15 is 0 Å². The molecule has 2 rings (SSSR count). The predicted octanol–water partition coefficient (Wildman–Crippen LogP) is 3.89. The molecule has 2 nitrogen and oxygen atoms in total. The van der Waals surface area contributed by atoms with Crippen LogP contribution in [-0.4, -0.2) is 12.4 Å². The normalized spacial score (nSPS) is 24.4. The van der Waals surface area contributed by atoms with Crippen molar-refractivity contribution in [3.8, 4) is 5.75 Å². The molecule has 1 aromatic rings. The molecule has 1 aromatic carbocycles. The van der Waals surface area contributed by atoms with E-state index in [1.807, 2.05) is 12.1 Å². The lowest BCUT2D eigenvalue weighted by Crippen LogP contribution is -2.24. The van der Waals surface area contributed by atoms with Crippen LogP contribution in [0.2, 0.25) is 0 Å². The minimum Gasteiger partial charge on any atom is -0.490 e. The highest BCUT2D eigenvalue weighted by molar-refractivity contribution is 9.10. The number of rotatable bonds is 3. The molecular weight excluding hydrogens is 280 g/mol. The van der Waals surface area contributed by atoms with Crippen molar-refractivity contribution in [1.82, 2.24) is 0 Å². The van der Waals surface area contributed by atoms with Crippen molar-refractivity contribution in [2.24, 2.45) is 5.92 Å². The van der Waals surface area contributed by atoms with Gasteiger partial charge in [0, 0.05) is 10.4 Å². The standard InChI is InChI=1S/C14H17BrO2/c1-10-8-13(6-7-14(10)15)17-12-4-2-11(9-16)3-5-12/h6-9,11-12H,2-5H2,1H3/t11-,12-. The third-order valence-electron chi connectivity index (χ3n) is 3.34. The molecule has 0 radical (unpaired) electrons. The first-order valence-corrected chi connectivity index (χ1v) is 6.86. The molecule has 0 aliphatic heterocycles. The van der Waals surface area contributed by atoms with Gasteiger partial charge in [-0.15, -0.1) is 0 Å². The van der Waals surface area contributed by atoms with Crippen LogP contribution in [0, 0.1) is 12.8 Å². The van der Waals surface area contributed by atoms with E-state index in [0.717, 1.165) is 42.2 Å². The van der Waals surface area contributed by atoms with Crippen molar-refractivity contribution in [1.29, 1.82) is 0 Å². The zero-order valence-corrected chi connectivity index (χ0v) is 11.6. The summed E-state index contributed by atoms with van der Waals surface area (Å²) in [5.41, 5.74) is 1.18. The summed E-state index contributed by atoms with van der Waals surface area (Å²) in [4.78, 5) is 10.7. The Bertz CT molecular complexity index is 395. The zero-order chi connectivity index (χ0) is 12.3. The molecular formula is C14H17BrO2. The molecule has 92 valence electrons. The molecule has 0 bridgehead atoms. The van der Waals surface area contributed by atoms with E-state index in [-0.39, 0.29) is 12.0 Å². The lowest BCUT2D eigenvalue weighted by atomic mass is 9.88. The number of carbonyl (C=O) groups excluding carboxylic acids is 1. The second kappa shape index (κ2) is 5.67. The van der Waals surface area contributed by atoms with Gasteiger partial charge in [-0.05, 0) is 56.4 Å². The smallest absolute Gasteiger partial charge is 0.123 e. The summed E-state index contributed by atoms with van der Waals surface area (Å²) in [6.45, 7) is 2.06. The van der Waals surface area contributed by atoms with Crippen LogP contribution in [0.1, 0.15) is 31.2 Å². The highest BCUT2D eigenvalue weighted by atomic mass is 79.9. The van der Waals surface area contributed by atoms with Crippen LogP contribution in [0.25, 0.3) is 0 Å². The fraction of sp³-hybridized carbons (Fsp3) is 0.500. The van der Waals surface area contributed by atoms with Crippen molar-refractivity contribution in [2.75, 3.05) is 0 Å². The number of ether oxygens (including phenoxy) is 1. The van der Waals surface area contributed by atoms with Gasteiger partial charge in [-0.3, -0.25) is 0 Å². The number of benzene rings is 1. The van der Waals surface area contributed by atoms with Gasteiger partial charge in [0.25, 0.3) is 0 Å². The summed E-state index contributed by atoms with van der Waals surface area (Å²) in [6, 6.07) is 6.06. The number of halogens is 1. The van der Waals surface area contributed by atoms with Crippen molar-refractivity contribution in [3.05, 3.63) is 28.2 Å². The van der Waals surface area contributed by atoms with E-state index in [2.05, 4.69) is 28.9 Å². The van der Waals surface area contributed by atoms with Gasteiger partial charge in [0.15, 0.2) is 0 Å². The van der Waals surface area contributed by atoms with E-state index in [0.29, 0.717) is 0 Å². The number of aryl methyl sites for hydroxylation is 1. The summed E-state index contributed by atoms with van der Waals surface area (Å²) in [7, 11) is 0. The molecule has 0 saturated heterocycles. The predicted molar refractivity (Wildman–Crippen MR) is 71.3 cm³/mol. The Kier molecular flexibility index (Phi) is 4.21. The number of hydrogen-bond acceptors (Lipinski definition) is 2. The molecule has 0 N–H and O–H groups in total. The van der Waals surface area contributed by atoms with Gasteiger partial charge in [0.1, 0.15) is 12.0 Å². The molecule has 0 atom stereocenters. The van der Waals surface area contributed by atoms with Gasteiger partial charge >= 0.3 is 0 Å². The number of aldehydes is 1. The maximum atomic E-state index is 10.7. The fourth-order valence-electron chi connectivity index (χ4n) is 2.23. The molecule has 0 aromatic heterocycles. The summed E-state index contributed by atoms with van der Waals surface area (Å²) >= 11 is 3.48. The zero-order valence-electron chi connectivity index (χ0n) is 9.99. The number of hydrogen-bond donors (Lipinski definition) is 0. The first-order valence-electron chi connectivity index (χ1n) is 6.07. The van der Waals surface area contributed by atoms with Gasteiger partial charge in [-0.2, -0.15) is 0 Å². The molecule has 1 aliphatic carbocycles. The largest absolute Gasteiger partial charge is 0.490 e. The second-order valence-electron chi connectivity index (χ2n) is 4.70.